The van der Waals surface area contributed by atoms with Crippen LogP contribution >= 0.6 is 32.9 Å². The average Bonchev–Trinajstić information content (AvgIpc) is 2.17. The first-order chi connectivity index (χ1) is 4.33. The molecule has 0 aliphatic rings. The minimum atomic E-state index is 0. The Labute approximate surface area is 73.2 Å². The summed E-state index contributed by atoms with van der Waals surface area (Å²) in [5, 5.41) is 8.82. The van der Waals surface area contributed by atoms with Crippen molar-refractivity contribution in [2.45, 2.75) is 18.7 Å². The van der Waals surface area contributed by atoms with Crippen LogP contribution in [-0.2, 0) is 0 Å². The first-order valence-corrected chi connectivity index (χ1v) is 5.71. The summed E-state index contributed by atoms with van der Waals surface area (Å²) in [7, 11) is 3.35. The van der Waals surface area contributed by atoms with E-state index in [1.807, 2.05) is 13.2 Å². The third kappa shape index (κ3) is 2.90. The van der Waals surface area contributed by atoms with E-state index in [-0.39, 0.29) is 7.43 Å². The fourth-order valence-electron chi connectivity index (χ4n) is 0.383. The van der Waals surface area contributed by atoms with Crippen LogP contribution in [0, 0.1) is 6.92 Å². The SMILES string of the molecule is C.CSSc1nnc(C)s1. The zero-order chi connectivity index (χ0) is 6.69. The van der Waals surface area contributed by atoms with E-state index in [2.05, 4.69) is 10.2 Å². The average molecular weight is 194 g/mol. The van der Waals surface area contributed by atoms with Crippen LogP contribution in [0.5, 0.6) is 0 Å². The molecule has 58 valence electrons. The van der Waals surface area contributed by atoms with Crippen molar-refractivity contribution in [1.29, 1.82) is 0 Å². The normalized spacial score (nSPS) is 9.00. The Morgan fingerprint density at radius 3 is 2.50 bits per heavy atom. The summed E-state index contributed by atoms with van der Waals surface area (Å²) < 4.78 is 1.04. The van der Waals surface area contributed by atoms with E-state index in [4.69, 9.17) is 0 Å². The molecule has 2 nitrogen and oxygen atoms in total. The highest BCUT2D eigenvalue weighted by atomic mass is 33.1. The van der Waals surface area contributed by atoms with Gasteiger partial charge >= 0.3 is 0 Å². The van der Waals surface area contributed by atoms with Crippen molar-refractivity contribution < 1.29 is 0 Å². The van der Waals surface area contributed by atoms with E-state index >= 15 is 0 Å². The summed E-state index contributed by atoms with van der Waals surface area (Å²) in [4.78, 5) is 0. The summed E-state index contributed by atoms with van der Waals surface area (Å²) in [6.07, 6.45) is 2.03. The van der Waals surface area contributed by atoms with Crippen molar-refractivity contribution in [3.8, 4) is 0 Å². The molecule has 0 spiro atoms. The lowest BCUT2D eigenvalue weighted by Crippen LogP contribution is -1.67. The summed E-state index contributed by atoms with van der Waals surface area (Å²) in [5.74, 6) is 0. The predicted octanol–water partition coefficient (Wildman–Crippen LogP) is 2.85. The lowest BCUT2D eigenvalue weighted by molar-refractivity contribution is 0.986. The summed E-state index contributed by atoms with van der Waals surface area (Å²) in [6.45, 7) is 1.96. The van der Waals surface area contributed by atoms with Gasteiger partial charge in [-0.1, -0.05) is 29.6 Å². The summed E-state index contributed by atoms with van der Waals surface area (Å²) in [6, 6.07) is 0. The topological polar surface area (TPSA) is 25.8 Å². The Hall–Kier alpha value is 0.260. The molecule has 0 aromatic carbocycles. The van der Waals surface area contributed by atoms with E-state index in [1.54, 1.807) is 32.9 Å². The van der Waals surface area contributed by atoms with Gasteiger partial charge in [-0.3, -0.25) is 0 Å². The maximum absolute atomic E-state index is 3.92. The van der Waals surface area contributed by atoms with Gasteiger partial charge in [0, 0.05) is 0 Å². The van der Waals surface area contributed by atoms with Crippen LogP contribution in [-0.4, -0.2) is 16.5 Å². The van der Waals surface area contributed by atoms with Crippen molar-refractivity contribution in [2.75, 3.05) is 6.26 Å². The van der Waals surface area contributed by atoms with Crippen molar-refractivity contribution in [3.63, 3.8) is 0 Å². The van der Waals surface area contributed by atoms with E-state index in [0.29, 0.717) is 0 Å². The molecule has 0 saturated carbocycles. The Morgan fingerprint density at radius 1 is 1.40 bits per heavy atom. The van der Waals surface area contributed by atoms with Crippen molar-refractivity contribution in [2.24, 2.45) is 0 Å². The molecule has 0 saturated heterocycles. The molecule has 1 rings (SSSR count). The zero-order valence-electron chi connectivity index (χ0n) is 5.12. The van der Waals surface area contributed by atoms with Gasteiger partial charge in [0.2, 0.25) is 0 Å². The Bertz CT molecular complexity index is 187. The largest absolute Gasteiger partial charge is 0.184 e. The molecule has 0 atom stereocenters. The second kappa shape index (κ2) is 4.98. The molecular formula is C5H10N2S3. The third-order valence-corrected chi connectivity index (χ3v) is 3.48. The van der Waals surface area contributed by atoms with Crippen LogP contribution in [0.4, 0.5) is 0 Å². The van der Waals surface area contributed by atoms with Gasteiger partial charge in [-0.25, -0.2) is 0 Å². The van der Waals surface area contributed by atoms with Gasteiger partial charge in [-0.15, -0.1) is 10.2 Å². The lowest BCUT2D eigenvalue weighted by atomic mass is 10.9. The highest BCUT2D eigenvalue weighted by Gasteiger charge is 1.97. The highest BCUT2D eigenvalue weighted by molar-refractivity contribution is 8.76. The smallest absolute Gasteiger partial charge is 0.143 e. The fraction of sp³-hybridized carbons (Fsp3) is 0.600. The van der Waals surface area contributed by atoms with Crippen LogP contribution in [0.3, 0.4) is 0 Å². The number of hydrogen-bond acceptors (Lipinski definition) is 5. The second-order valence-corrected chi connectivity index (χ2v) is 5.16. The fourth-order valence-corrected chi connectivity index (χ4v) is 2.96. The monoisotopic (exact) mass is 194 g/mol. The molecule has 0 amide bonds. The molecule has 0 fully saturated rings. The van der Waals surface area contributed by atoms with E-state index in [1.165, 1.54) is 0 Å². The van der Waals surface area contributed by atoms with E-state index in [0.717, 1.165) is 9.35 Å². The maximum atomic E-state index is 3.92. The molecular weight excluding hydrogens is 184 g/mol. The molecule has 5 heteroatoms. The van der Waals surface area contributed by atoms with Crippen LogP contribution in [0.1, 0.15) is 12.4 Å². The molecule has 10 heavy (non-hydrogen) atoms. The second-order valence-electron chi connectivity index (χ2n) is 1.34. The van der Waals surface area contributed by atoms with Crippen LogP contribution in [0.15, 0.2) is 4.34 Å². The minimum absolute atomic E-state index is 0. The van der Waals surface area contributed by atoms with Gasteiger partial charge in [0.05, 0.1) is 0 Å². The van der Waals surface area contributed by atoms with Gasteiger partial charge in [-0.2, -0.15) is 0 Å². The third-order valence-electron chi connectivity index (χ3n) is 0.662. The van der Waals surface area contributed by atoms with Gasteiger partial charge in [0.25, 0.3) is 0 Å². The number of nitrogens with zero attached hydrogens (tertiary/aromatic N) is 2. The Morgan fingerprint density at radius 2 is 2.10 bits per heavy atom. The summed E-state index contributed by atoms with van der Waals surface area (Å²) >= 11 is 1.63. The van der Waals surface area contributed by atoms with Crippen molar-refractivity contribution in [3.05, 3.63) is 5.01 Å². The maximum Gasteiger partial charge on any atom is 0.184 e. The van der Waals surface area contributed by atoms with Gasteiger partial charge in [-0.05, 0) is 24.0 Å². The molecule has 0 aliphatic carbocycles. The minimum Gasteiger partial charge on any atom is -0.143 e. The zero-order valence-corrected chi connectivity index (χ0v) is 7.57. The standard InChI is InChI=1S/C4H6N2S3.CH4/c1-3-5-6-4(8-3)9-7-2;/h1-2H3;1H4. The molecule has 0 N–H and O–H groups in total. The van der Waals surface area contributed by atoms with Crippen molar-refractivity contribution >= 4 is 32.9 Å². The lowest BCUT2D eigenvalue weighted by Gasteiger charge is -1.82. The van der Waals surface area contributed by atoms with Gasteiger partial charge in [0.1, 0.15) is 5.01 Å². The van der Waals surface area contributed by atoms with E-state index in [9.17, 15) is 0 Å². The number of rotatable bonds is 2. The highest BCUT2D eigenvalue weighted by Crippen LogP contribution is 2.30. The van der Waals surface area contributed by atoms with Gasteiger partial charge in [0.15, 0.2) is 4.34 Å². The Kier molecular flexibility index (Phi) is 5.11. The molecule has 1 aromatic rings. The Balaban J connectivity index is 0.000000810. The first kappa shape index (κ1) is 10.3. The van der Waals surface area contributed by atoms with E-state index < -0.39 is 0 Å². The van der Waals surface area contributed by atoms with Crippen molar-refractivity contribution in [1.82, 2.24) is 10.2 Å². The van der Waals surface area contributed by atoms with Crippen LogP contribution in [0.25, 0.3) is 0 Å². The molecule has 0 aliphatic heterocycles. The summed E-state index contributed by atoms with van der Waals surface area (Å²) in [5.41, 5.74) is 0. The number of hydrogen-bond donors (Lipinski definition) is 0. The predicted molar refractivity (Wildman–Crippen MR) is 50.7 cm³/mol. The molecule has 0 unspecified atom stereocenters. The molecule has 0 radical (unpaired) electrons. The molecule has 0 bridgehead atoms. The van der Waals surface area contributed by atoms with Crippen LogP contribution in [0.2, 0.25) is 0 Å². The van der Waals surface area contributed by atoms with Crippen LogP contribution < -0.4 is 0 Å². The first-order valence-electron chi connectivity index (χ1n) is 2.33. The number of aromatic nitrogens is 2. The molecule has 1 aromatic heterocycles. The molecule has 1 heterocycles. The number of aryl methyl sites for hydroxylation is 1. The quantitative estimate of drug-likeness (QED) is 0.676. The van der Waals surface area contributed by atoms with Gasteiger partial charge < -0.3 is 0 Å².